The summed E-state index contributed by atoms with van der Waals surface area (Å²) >= 11 is 0. The molecule has 1 unspecified atom stereocenters. The van der Waals surface area contributed by atoms with Crippen LogP contribution in [-0.4, -0.2) is 61.8 Å². The molecule has 0 saturated carbocycles. The Morgan fingerprint density at radius 3 is 3.08 bits per heavy atom. The molecule has 0 aliphatic carbocycles. The van der Waals surface area contributed by atoms with E-state index in [2.05, 4.69) is 22.3 Å². The summed E-state index contributed by atoms with van der Waals surface area (Å²) in [5.41, 5.74) is 1.25. The summed E-state index contributed by atoms with van der Waals surface area (Å²) in [6.45, 7) is 5.28. The number of carbonyl (C=O) groups excluding carboxylic acids is 1. The summed E-state index contributed by atoms with van der Waals surface area (Å²) in [7, 11) is 1.69. The molecular weight excluding hydrogens is 318 g/mol. The van der Waals surface area contributed by atoms with Crippen molar-refractivity contribution >= 4 is 5.91 Å². The Kier molecular flexibility index (Phi) is 6.67. The lowest BCUT2D eigenvalue weighted by atomic mass is 10.0. The Hall–Kier alpha value is -1.63. The van der Waals surface area contributed by atoms with Crippen molar-refractivity contribution < 1.29 is 14.4 Å². The molecule has 2 saturated heterocycles. The standard InChI is InChI=1S/C19H29N3O3/c1-24-18-7-2-5-16(13-18)14-21-9-3-6-17(15-21)20-19(23)8-11-22-10-4-12-25-22/h2,5,7,13,17H,3-4,6,8-12,14-15H2,1H3,(H,20,23). The second kappa shape index (κ2) is 9.17. The third-order valence-electron chi connectivity index (χ3n) is 4.82. The summed E-state index contributed by atoms with van der Waals surface area (Å²) in [5.74, 6) is 1.02. The molecule has 0 aromatic heterocycles. The summed E-state index contributed by atoms with van der Waals surface area (Å²) in [6, 6.07) is 8.44. The zero-order chi connectivity index (χ0) is 17.5. The van der Waals surface area contributed by atoms with Crippen LogP contribution in [0.25, 0.3) is 0 Å². The Morgan fingerprint density at radius 1 is 1.36 bits per heavy atom. The fourth-order valence-electron chi connectivity index (χ4n) is 3.55. The SMILES string of the molecule is COc1cccc(CN2CCCC(NC(=O)CCN3CCCO3)C2)c1. The van der Waals surface area contributed by atoms with E-state index in [4.69, 9.17) is 9.57 Å². The average molecular weight is 347 g/mol. The van der Waals surface area contributed by atoms with Crippen molar-refractivity contribution in [3.8, 4) is 5.75 Å². The molecule has 3 rings (SSSR count). The second-order valence-electron chi connectivity index (χ2n) is 6.86. The Morgan fingerprint density at radius 2 is 2.28 bits per heavy atom. The molecule has 2 fully saturated rings. The monoisotopic (exact) mass is 347 g/mol. The first-order valence-corrected chi connectivity index (χ1v) is 9.25. The zero-order valence-corrected chi connectivity index (χ0v) is 15.1. The molecule has 138 valence electrons. The molecule has 1 atom stereocenters. The lowest BCUT2D eigenvalue weighted by Crippen LogP contribution is -2.47. The lowest BCUT2D eigenvalue weighted by Gasteiger charge is -2.33. The summed E-state index contributed by atoms with van der Waals surface area (Å²) in [5, 5.41) is 5.09. The van der Waals surface area contributed by atoms with E-state index in [9.17, 15) is 4.79 Å². The van der Waals surface area contributed by atoms with Crippen molar-refractivity contribution in [1.29, 1.82) is 0 Å². The van der Waals surface area contributed by atoms with Gasteiger partial charge < -0.3 is 10.1 Å². The van der Waals surface area contributed by atoms with E-state index in [1.807, 2.05) is 17.2 Å². The zero-order valence-electron chi connectivity index (χ0n) is 15.1. The van der Waals surface area contributed by atoms with E-state index in [1.54, 1.807) is 7.11 Å². The molecule has 6 nitrogen and oxygen atoms in total. The number of hydrogen-bond acceptors (Lipinski definition) is 5. The smallest absolute Gasteiger partial charge is 0.221 e. The summed E-state index contributed by atoms with van der Waals surface area (Å²) < 4.78 is 5.30. The molecule has 0 bridgehead atoms. The van der Waals surface area contributed by atoms with E-state index in [0.29, 0.717) is 13.0 Å². The maximum Gasteiger partial charge on any atom is 0.221 e. The highest BCUT2D eigenvalue weighted by Crippen LogP contribution is 2.17. The van der Waals surface area contributed by atoms with E-state index in [-0.39, 0.29) is 11.9 Å². The first-order valence-electron chi connectivity index (χ1n) is 9.25. The van der Waals surface area contributed by atoms with Gasteiger partial charge in [-0.1, -0.05) is 12.1 Å². The number of likely N-dealkylation sites (tertiary alicyclic amines) is 1. The van der Waals surface area contributed by atoms with Crippen LogP contribution in [0.1, 0.15) is 31.2 Å². The Balaban J connectivity index is 1.43. The van der Waals surface area contributed by atoms with Gasteiger partial charge in [0.25, 0.3) is 0 Å². The number of amides is 1. The van der Waals surface area contributed by atoms with E-state index >= 15 is 0 Å². The minimum atomic E-state index is 0.128. The van der Waals surface area contributed by atoms with Gasteiger partial charge in [0.2, 0.25) is 5.91 Å². The van der Waals surface area contributed by atoms with Crippen LogP contribution < -0.4 is 10.1 Å². The Labute approximate surface area is 150 Å². The van der Waals surface area contributed by atoms with Crippen molar-refractivity contribution in [1.82, 2.24) is 15.3 Å². The summed E-state index contributed by atoms with van der Waals surface area (Å²) in [4.78, 5) is 20.0. The normalized spacial score (nSPS) is 22.0. The molecule has 2 aliphatic heterocycles. The number of rotatable bonds is 7. The van der Waals surface area contributed by atoms with Crippen LogP contribution in [0.2, 0.25) is 0 Å². The molecule has 25 heavy (non-hydrogen) atoms. The third kappa shape index (κ3) is 5.70. The van der Waals surface area contributed by atoms with Crippen molar-refractivity contribution in [2.75, 3.05) is 39.9 Å². The summed E-state index contributed by atoms with van der Waals surface area (Å²) in [6.07, 6.45) is 3.74. The fraction of sp³-hybridized carbons (Fsp3) is 0.632. The van der Waals surface area contributed by atoms with Crippen molar-refractivity contribution in [2.24, 2.45) is 0 Å². The van der Waals surface area contributed by atoms with Gasteiger partial charge in [-0.15, -0.1) is 0 Å². The highest BCUT2D eigenvalue weighted by Gasteiger charge is 2.22. The number of nitrogens with zero attached hydrogens (tertiary/aromatic N) is 2. The van der Waals surface area contributed by atoms with Crippen LogP contribution in [0.3, 0.4) is 0 Å². The third-order valence-corrected chi connectivity index (χ3v) is 4.82. The van der Waals surface area contributed by atoms with Gasteiger partial charge in [-0.2, -0.15) is 5.06 Å². The fourth-order valence-corrected chi connectivity index (χ4v) is 3.55. The molecule has 1 N–H and O–H groups in total. The van der Waals surface area contributed by atoms with Gasteiger partial charge in [0, 0.05) is 38.6 Å². The Bertz CT molecular complexity index is 561. The predicted octanol–water partition coefficient (Wildman–Crippen LogP) is 1.80. The molecule has 0 spiro atoms. The van der Waals surface area contributed by atoms with Gasteiger partial charge in [-0.3, -0.25) is 14.5 Å². The molecule has 1 aromatic rings. The first kappa shape index (κ1) is 18.2. The number of nitrogens with one attached hydrogen (secondary N) is 1. The lowest BCUT2D eigenvalue weighted by molar-refractivity contribution is -0.131. The highest BCUT2D eigenvalue weighted by molar-refractivity contribution is 5.76. The number of piperidine rings is 1. The number of carbonyl (C=O) groups is 1. The quantitative estimate of drug-likeness (QED) is 0.815. The van der Waals surface area contributed by atoms with Crippen LogP contribution in [-0.2, 0) is 16.2 Å². The van der Waals surface area contributed by atoms with Crippen LogP contribution in [0.15, 0.2) is 24.3 Å². The number of ether oxygens (including phenoxy) is 1. The van der Waals surface area contributed by atoms with E-state index < -0.39 is 0 Å². The van der Waals surface area contributed by atoms with Crippen LogP contribution in [0.5, 0.6) is 5.75 Å². The largest absolute Gasteiger partial charge is 0.497 e. The topological polar surface area (TPSA) is 54.0 Å². The van der Waals surface area contributed by atoms with Crippen molar-refractivity contribution in [3.05, 3.63) is 29.8 Å². The minimum Gasteiger partial charge on any atom is -0.497 e. The van der Waals surface area contributed by atoms with Gasteiger partial charge in [0.05, 0.1) is 13.7 Å². The molecule has 1 amide bonds. The molecule has 2 aliphatic rings. The van der Waals surface area contributed by atoms with E-state index in [1.165, 1.54) is 5.56 Å². The van der Waals surface area contributed by atoms with Crippen LogP contribution in [0, 0.1) is 0 Å². The van der Waals surface area contributed by atoms with Gasteiger partial charge >= 0.3 is 0 Å². The molecule has 6 heteroatoms. The van der Waals surface area contributed by atoms with Crippen LogP contribution >= 0.6 is 0 Å². The number of benzene rings is 1. The van der Waals surface area contributed by atoms with E-state index in [0.717, 1.165) is 57.8 Å². The van der Waals surface area contributed by atoms with Crippen LogP contribution in [0.4, 0.5) is 0 Å². The maximum absolute atomic E-state index is 12.2. The minimum absolute atomic E-state index is 0.128. The van der Waals surface area contributed by atoms with Gasteiger partial charge in [-0.05, 0) is 43.5 Å². The van der Waals surface area contributed by atoms with Gasteiger partial charge in [-0.25, -0.2) is 0 Å². The second-order valence-corrected chi connectivity index (χ2v) is 6.86. The van der Waals surface area contributed by atoms with Gasteiger partial charge in [0.1, 0.15) is 5.75 Å². The molecular formula is C19H29N3O3. The predicted molar refractivity (Wildman–Crippen MR) is 96.2 cm³/mol. The highest BCUT2D eigenvalue weighted by atomic mass is 16.7. The average Bonchev–Trinajstić information content (AvgIpc) is 3.14. The van der Waals surface area contributed by atoms with Crippen molar-refractivity contribution in [2.45, 2.75) is 38.3 Å². The van der Waals surface area contributed by atoms with Crippen molar-refractivity contribution in [3.63, 3.8) is 0 Å². The molecule has 1 aromatic carbocycles. The van der Waals surface area contributed by atoms with Gasteiger partial charge in [0.15, 0.2) is 0 Å². The first-order chi connectivity index (χ1) is 12.2. The molecule has 0 radical (unpaired) electrons. The maximum atomic E-state index is 12.2. The number of hydroxylamine groups is 2. The number of hydrogen-bond donors (Lipinski definition) is 1. The molecule has 2 heterocycles. The number of methoxy groups -OCH3 is 1.